The lowest BCUT2D eigenvalue weighted by Gasteiger charge is -2.25. The van der Waals surface area contributed by atoms with Crippen molar-refractivity contribution < 1.29 is 19.0 Å². The van der Waals surface area contributed by atoms with Crippen molar-refractivity contribution in [1.29, 1.82) is 0 Å². The molecule has 1 aromatic carbocycles. The van der Waals surface area contributed by atoms with Crippen molar-refractivity contribution in [2.24, 2.45) is 5.73 Å². The molecule has 2 N–H and O–H groups in total. The summed E-state index contributed by atoms with van der Waals surface area (Å²) in [6, 6.07) is 2.80. The van der Waals surface area contributed by atoms with E-state index < -0.39 is 0 Å². The van der Waals surface area contributed by atoms with E-state index in [1.165, 1.54) is 26.2 Å². The summed E-state index contributed by atoms with van der Waals surface area (Å²) < 4.78 is 15.7. The predicted molar refractivity (Wildman–Crippen MR) is 84.4 cm³/mol. The molecule has 6 nitrogen and oxygen atoms in total. The summed E-state index contributed by atoms with van der Waals surface area (Å²) in [6.07, 6.45) is 0. The Bertz CT molecular complexity index is 548. The fourth-order valence-electron chi connectivity index (χ4n) is 1.75. The van der Waals surface area contributed by atoms with E-state index in [2.05, 4.69) is 0 Å². The van der Waals surface area contributed by atoms with E-state index in [1.54, 1.807) is 26.1 Å². The van der Waals surface area contributed by atoms with Gasteiger partial charge in [0.25, 0.3) is 5.91 Å². The highest BCUT2D eigenvalue weighted by atomic mass is 32.1. The fraction of sp³-hybridized carbons (Fsp3) is 0.429. The van der Waals surface area contributed by atoms with Gasteiger partial charge < -0.3 is 24.8 Å². The van der Waals surface area contributed by atoms with Gasteiger partial charge in [-0.1, -0.05) is 12.2 Å². The maximum absolute atomic E-state index is 12.6. The summed E-state index contributed by atoms with van der Waals surface area (Å²) in [5, 5.41) is 0. The molecular weight excluding hydrogens is 292 g/mol. The Morgan fingerprint density at radius 1 is 1.14 bits per heavy atom. The summed E-state index contributed by atoms with van der Waals surface area (Å²) in [7, 11) is 6.12. The number of ether oxygens (including phenoxy) is 3. The highest BCUT2D eigenvalue weighted by molar-refractivity contribution is 7.80. The molecule has 0 heterocycles. The minimum Gasteiger partial charge on any atom is -0.496 e. The van der Waals surface area contributed by atoms with Crippen molar-refractivity contribution in [3.05, 3.63) is 17.7 Å². The predicted octanol–water partition coefficient (Wildman–Crippen LogP) is 1.46. The van der Waals surface area contributed by atoms with Crippen molar-refractivity contribution in [1.82, 2.24) is 4.90 Å². The van der Waals surface area contributed by atoms with Gasteiger partial charge in [0.1, 0.15) is 5.75 Å². The monoisotopic (exact) mass is 312 g/mol. The quantitative estimate of drug-likeness (QED) is 0.802. The molecule has 1 rings (SSSR count). The SMILES string of the molecule is COc1cc(OC)c(C(=O)N(C)C(C)C(N)=S)cc1OC. The Balaban J connectivity index is 3.28. The van der Waals surface area contributed by atoms with E-state index in [9.17, 15) is 4.79 Å². The van der Waals surface area contributed by atoms with Crippen LogP contribution in [0.4, 0.5) is 0 Å². The van der Waals surface area contributed by atoms with Crippen molar-refractivity contribution in [2.45, 2.75) is 13.0 Å². The third-order valence-corrected chi connectivity index (χ3v) is 3.59. The lowest BCUT2D eigenvalue weighted by atomic mass is 10.1. The molecule has 0 aliphatic carbocycles. The van der Waals surface area contributed by atoms with Crippen LogP contribution >= 0.6 is 12.2 Å². The number of methoxy groups -OCH3 is 3. The minimum atomic E-state index is -0.370. The van der Waals surface area contributed by atoms with Gasteiger partial charge >= 0.3 is 0 Å². The molecule has 1 atom stereocenters. The zero-order chi connectivity index (χ0) is 16.2. The number of carbonyl (C=O) groups excluding carboxylic acids is 1. The van der Waals surface area contributed by atoms with Crippen LogP contribution in [-0.4, -0.2) is 50.2 Å². The van der Waals surface area contributed by atoms with Crippen LogP contribution in [0.1, 0.15) is 17.3 Å². The Morgan fingerprint density at radius 2 is 1.62 bits per heavy atom. The molecule has 0 saturated heterocycles. The van der Waals surface area contributed by atoms with Gasteiger partial charge in [-0.15, -0.1) is 0 Å². The highest BCUT2D eigenvalue weighted by Gasteiger charge is 2.24. The zero-order valence-electron chi connectivity index (χ0n) is 12.8. The number of carbonyl (C=O) groups is 1. The molecule has 0 saturated carbocycles. The largest absolute Gasteiger partial charge is 0.496 e. The molecule has 0 aromatic heterocycles. The number of hydrogen-bond donors (Lipinski definition) is 1. The number of thiocarbonyl (C=S) groups is 1. The van der Waals surface area contributed by atoms with Crippen LogP contribution in [0.5, 0.6) is 17.2 Å². The second kappa shape index (κ2) is 7.12. The van der Waals surface area contributed by atoms with Crippen LogP contribution < -0.4 is 19.9 Å². The Morgan fingerprint density at radius 3 is 2.05 bits per heavy atom. The van der Waals surface area contributed by atoms with Crippen LogP contribution in [0, 0.1) is 0 Å². The molecule has 116 valence electrons. The average Bonchev–Trinajstić information content (AvgIpc) is 2.50. The number of hydrogen-bond acceptors (Lipinski definition) is 5. The summed E-state index contributed by atoms with van der Waals surface area (Å²) in [5.74, 6) is 1.04. The summed E-state index contributed by atoms with van der Waals surface area (Å²) in [4.78, 5) is 14.3. The Kier molecular flexibility index (Phi) is 5.78. The smallest absolute Gasteiger partial charge is 0.258 e. The standard InChI is InChI=1S/C14H20N2O4S/c1-8(13(15)21)16(2)14(17)9-6-11(19-4)12(20-5)7-10(9)18-3/h6-8H,1-5H3,(H2,15,21). The molecule has 0 bridgehead atoms. The first-order chi connectivity index (χ1) is 9.87. The Hall–Kier alpha value is -2.02. The maximum atomic E-state index is 12.6. The van der Waals surface area contributed by atoms with E-state index >= 15 is 0 Å². The number of nitrogens with two attached hydrogens (primary N) is 1. The van der Waals surface area contributed by atoms with Gasteiger partial charge in [-0.2, -0.15) is 0 Å². The molecular formula is C14H20N2O4S. The molecule has 21 heavy (non-hydrogen) atoms. The summed E-state index contributed by atoms with van der Waals surface area (Å²) in [5.41, 5.74) is 5.93. The van der Waals surface area contributed by atoms with E-state index in [4.69, 9.17) is 32.2 Å². The average molecular weight is 312 g/mol. The molecule has 1 amide bonds. The number of likely N-dealkylation sites (N-methyl/N-ethyl adjacent to an activating group) is 1. The summed E-state index contributed by atoms with van der Waals surface area (Å²) in [6.45, 7) is 1.76. The van der Waals surface area contributed by atoms with Crippen molar-refractivity contribution in [3.8, 4) is 17.2 Å². The number of amides is 1. The number of benzene rings is 1. The van der Waals surface area contributed by atoms with Crippen LogP contribution in [0.3, 0.4) is 0 Å². The van der Waals surface area contributed by atoms with Gasteiger partial charge in [0.2, 0.25) is 0 Å². The fourth-order valence-corrected chi connectivity index (χ4v) is 1.91. The van der Waals surface area contributed by atoms with E-state index in [0.29, 0.717) is 22.8 Å². The molecule has 0 radical (unpaired) electrons. The normalized spacial score (nSPS) is 11.5. The van der Waals surface area contributed by atoms with Crippen molar-refractivity contribution >= 4 is 23.1 Å². The maximum Gasteiger partial charge on any atom is 0.258 e. The van der Waals surface area contributed by atoms with Crippen LogP contribution in [0.15, 0.2) is 12.1 Å². The first-order valence-electron chi connectivity index (χ1n) is 6.23. The molecule has 0 aliphatic heterocycles. The van der Waals surface area contributed by atoms with Crippen LogP contribution in [0.25, 0.3) is 0 Å². The molecule has 1 unspecified atom stereocenters. The first-order valence-corrected chi connectivity index (χ1v) is 6.64. The number of rotatable bonds is 6. The van der Waals surface area contributed by atoms with Crippen molar-refractivity contribution in [3.63, 3.8) is 0 Å². The van der Waals surface area contributed by atoms with Gasteiger partial charge in [0, 0.05) is 19.2 Å². The minimum absolute atomic E-state index is 0.241. The highest BCUT2D eigenvalue weighted by Crippen LogP contribution is 2.35. The Labute approximate surface area is 129 Å². The molecule has 7 heteroatoms. The van der Waals surface area contributed by atoms with E-state index in [1.807, 2.05) is 0 Å². The topological polar surface area (TPSA) is 74.0 Å². The van der Waals surface area contributed by atoms with Gasteiger partial charge in [0.05, 0.1) is 37.9 Å². The van der Waals surface area contributed by atoms with Gasteiger partial charge in [-0.25, -0.2) is 0 Å². The second-order valence-electron chi connectivity index (χ2n) is 4.40. The summed E-state index contributed by atoms with van der Waals surface area (Å²) >= 11 is 4.92. The molecule has 0 spiro atoms. The third kappa shape index (κ3) is 3.55. The van der Waals surface area contributed by atoms with Crippen LogP contribution in [-0.2, 0) is 0 Å². The van der Waals surface area contributed by atoms with E-state index in [-0.39, 0.29) is 16.9 Å². The molecule has 0 fully saturated rings. The van der Waals surface area contributed by atoms with E-state index in [0.717, 1.165) is 0 Å². The molecule has 1 aromatic rings. The first kappa shape index (κ1) is 17.0. The third-order valence-electron chi connectivity index (χ3n) is 3.25. The van der Waals surface area contributed by atoms with Gasteiger partial charge in [-0.3, -0.25) is 4.79 Å². The lowest BCUT2D eigenvalue weighted by Crippen LogP contribution is -2.42. The second-order valence-corrected chi connectivity index (χ2v) is 4.87. The molecule has 0 aliphatic rings. The van der Waals surface area contributed by atoms with Crippen molar-refractivity contribution in [2.75, 3.05) is 28.4 Å². The van der Waals surface area contributed by atoms with Crippen LogP contribution in [0.2, 0.25) is 0 Å². The lowest BCUT2D eigenvalue weighted by molar-refractivity contribution is 0.0775. The number of nitrogens with zero attached hydrogens (tertiary/aromatic N) is 1. The van der Waals surface area contributed by atoms with Gasteiger partial charge in [0.15, 0.2) is 11.5 Å². The zero-order valence-corrected chi connectivity index (χ0v) is 13.6. The van der Waals surface area contributed by atoms with Gasteiger partial charge in [-0.05, 0) is 6.92 Å².